The second-order valence-electron chi connectivity index (χ2n) is 7.15. The highest BCUT2D eigenvalue weighted by molar-refractivity contribution is 7.87. The van der Waals surface area contributed by atoms with E-state index in [1.165, 1.54) is 32.2 Å². The molecule has 3 rings (SSSR count). The van der Waals surface area contributed by atoms with Crippen LogP contribution in [0, 0.1) is 17.0 Å². The molecule has 0 N–H and O–H groups in total. The molecule has 1 saturated heterocycles. The number of hydrazone groups is 1. The lowest BCUT2D eigenvalue weighted by atomic mass is 10.2. The molecule has 1 heterocycles. The largest absolute Gasteiger partial charge is 0.493 e. The average Bonchev–Trinajstić information content (AvgIpc) is 2.73. The molecule has 0 aromatic heterocycles. The summed E-state index contributed by atoms with van der Waals surface area (Å²) in [4.78, 5) is 12.4. The normalized spacial score (nSPS) is 15.3. The van der Waals surface area contributed by atoms with Gasteiger partial charge in [0.15, 0.2) is 11.5 Å². The van der Waals surface area contributed by atoms with Crippen LogP contribution >= 0.6 is 0 Å². The Morgan fingerprint density at radius 1 is 1.10 bits per heavy atom. The molecule has 1 fully saturated rings. The molecule has 2 aromatic carbocycles. The third kappa shape index (κ3) is 5.50. The summed E-state index contributed by atoms with van der Waals surface area (Å²) >= 11 is 0. The number of piperazine rings is 1. The molecular weight excluding hydrogens is 424 g/mol. The van der Waals surface area contributed by atoms with Crippen molar-refractivity contribution in [2.24, 2.45) is 5.10 Å². The monoisotopic (exact) mass is 448 g/mol. The molecule has 0 spiro atoms. The van der Waals surface area contributed by atoms with Crippen LogP contribution in [0.2, 0.25) is 0 Å². The molecule has 0 saturated carbocycles. The van der Waals surface area contributed by atoms with E-state index in [0.717, 1.165) is 32.2 Å². The summed E-state index contributed by atoms with van der Waals surface area (Å²) in [5.41, 5.74) is 0.768. The van der Waals surface area contributed by atoms with Gasteiger partial charge >= 0.3 is 10.1 Å². The number of nitro groups is 1. The number of aryl methyl sites for hydroxylation is 1. The van der Waals surface area contributed by atoms with Crippen molar-refractivity contribution in [3.63, 3.8) is 0 Å². The summed E-state index contributed by atoms with van der Waals surface area (Å²) in [6, 6.07) is 8.34. The summed E-state index contributed by atoms with van der Waals surface area (Å²) in [5.74, 6) is 0.176. The van der Waals surface area contributed by atoms with Gasteiger partial charge in [-0.25, -0.2) is 0 Å². The molecule has 10 nitrogen and oxygen atoms in total. The third-order valence-electron chi connectivity index (χ3n) is 4.90. The smallest absolute Gasteiger partial charge is 0.339 e. The lowest BCUT2D eigenvalue weighted by Gasteiger charge is -2.30. The minimum absolute atomic E-state index is 0.0255. The number of rotatable bonds is 7. The predicted octanol–water partition coefficient (Wildman–Crippen LogP) is 2.26. The number of methoxy groups -OCH3 is 1. The molecule has 0 radical (unpaired) electrons. The first-order chi connectivity index (χ1) is 14.7. The van der Waals surface area contributed by atoms with Crippen LogP contribution in [0.25, 0.3) is 0 Å². The zero-order valence-electron chi connectivity index (χ0n) is 17.5. The SMILES string of the molecule is COc1cc(/C=N/N2CCN(C)CC2)ccc1OS(=O)(=O)c1ccc(C)c([N+](=O)[O-])c1. The summed E-state index contributed by atoms with van der Waals surface area (Å²) in [6.45, 7) is 5.05. The van der Waals surface area contributed by atoms with Crippen molar-refractivity contribution < 1.29 is 22.3 Å². The maximum atomic E-state index is 12.7. The van der Waals surface area contributed by atoms with E-state index >= 15 is 0 Å². The first-order valence-corrected chi connectivity index (χ1v) is 11.0. The summed E-state index contributed by atoms with van der Waals surface area (Å²) in [7, 11) is -0.838. The molecule has 31 heavy (non-hydrogen) atoms. The summed E-state index contributed by atoms with van der Waals surface area (Å²) in [6.07, 6.45) is 1.68. The van der Waals surface area contributed by atoms with Crippen LogP contribution in [-0.4, -0.2) is 69.8 Å². The first-order valence-electron chi connectivity index (χ1n) is 9.54. The fraction of sp³-hybridized carbons (Fsp3) is 0.350. The quantitative estimate of drug-likeness (QED) is 0.274. The van der Waals surface area contributed by atoms with Crippen LogP contribution in [0.3, 0.4) is 0 Å². The molecule has 0 unspecified atom stereocenters. The van der Waals surface area contributed by atoms with Crippen molar-refractivity contribution in [3.8, 4) is 11.5 Å². The summed E-state index contributed by atoms with van der Waals surface area (Å²) < 4.78 is 35.8. The van der Waals surface area contributed by atoms with Crippen LogP contribution in [0.15, 0.2) is 46.4 Å². The van der Waals surface area contributed by atoms with E-state index < -0.39 is 15.0 Å². The molecule has 1 aliphatic rings. The molecule has 0 atom stereocenters. The van der Waals surface area contributed by atoms with Crippen LogP contribution in [0.4, 0.5) is 5.69 Å². The van der Waals surface area contributed by atoms with Crippen LogP contribution in [0.5, 0.6) is 11.5 Å². The van der Waals surface area contributed by atoms with E-state index in [1.54, 1.807) is 18.3 Å². The Morgan fingerprint density at radius 3 is 2.45 bits per heavy atom. The minimum Gasteiger partial charge on any atom is -0.493 e. The van der Waals surface area contributed by atoms with E-state index in [-0.39, 0.29) is 22.1 Å². The van der Waals surface area contributed by atoms with Gasteiger partial charge in [0.05, 0.1) is 18.2 Å². The molecule has 0 aliphatic carbocycles. The highest BCUT2D eigenvalue weighted by Gasteiger charge is 2.23. The Bertz CT molecular complexity index is 1090. The highest BCUT2D eigenvalue weighted by Crippen LogP contribution is 2.31. The number of ether oxygens (including phenoxy) is 1. The van der Waals surface area contributed by atoms with E-state index in [0.29, 0.717) is 11.1 Å². The number of hydrogen-bond acceptors (Lipinski definition) is 9. The van der Waals surface area contributed by atoms with Crippen molar-refractivity contribution in [3.05, 3.63) is 57.6 Å². The van der Waals surface area contributed by atoms with Gasteiger partial charge in [-0.15, -0.1) is 0 Å². The van der Waals surface area contributed by atoms with Crippen molar-refractivity contribution in [1.82, 2.24) is 9.91 Å². The number of likely N-dealkylation sites (N-methyl/N-ethyl adjacent to an activating group) is 1. The van der Waals surface area contributed by atoms with E-state index in [1.807, 2.05) is 5.01 Å². The highest BCUT2D eigenvalue weighted by atomic mass is 32.2. The van der Waals surface area contributed by atoms with Gasteiger partial charge in [0, 0.05) is 37.8 Å². The van der Waals surface area contributed by atoms with Crippen LogP contribution in [-0.2, 0) is 10.1 Å². The molecule has 2 aromatic rings. The van der Waals surface area contributed by atoms with Crippen molar-refractivity contribution in [1.29, 1.82) is 0 Å². The number of nitro benzene ring substituents is 1. The van der Waals surface area contributed by atoms with E-state index in [2.05, 4.69) is 17.0 Å². The lowest BCUT2D eigenvalue weighted by Crippen LogP contribution is -2.41. The summed E-state index contributed by atoms with van der Waals surface area (Å²) in [5, 5.41) is 17.5. The van der Waals surface area contributed by atoms with Crippen LogP contribution < -0.4 is 8.92 Å². The lowest BCUT2D eigenvalue weighted by molar-refractivity contribution is -0.385. The van der Waals surface area contributed by atoms with Crippen LogP contribution in [0.1, 0.15) is 11.1 Å². The number of benzene rings is 2. The maximum Gasteiger partial charge on any atom is 0.339 e. The fourth-order valence-corrected chi connectivity index (χ4v) is 3.96. The van der Waals surface area contributed by atoms with Gasteiger partial charge in [-0.1, -0.05) is 6.07 Å². The van der Waals surface area contributed by atoms with Gasteiger partial charge in [0.2, 0.25) is 0 Å². The third-order valence-corrected chi connectivity index (χ3v) is 6.13. The van der Waals surface area contributed by atoms with E-state index in [4.69, 9.17) is 8.92 Å². The molecule has 11 heteroatoms. The average molecular weight is 449 g/mol. The van der Waals surface area contributed by atoms with Crippen molar-refractivity contribution >= 4 is 22.0 Å². The van der Waals surface area contributed by atoms with Gasteiger partial charge in [0.25, 0.3) is 5.69 Å². The van der Waals surface area contributed by atoms with E-state index in [9.17, 15) is 18.5 Å². The first kappa shape index (κ1) is 22.5. The van der Waals surface area contributed by atoms with Gasteiger partial charge < -0.3 is 13.8 Å². The Hall–Kier alpha value is -3.18. The Morgan fingerprint density at radius 2 is 1.81 bits per heavy atom. The second-order valence-corrected chi connectivity index (χ2v) is 8.70. The molecule has 166 valence electrons. The molecule has 1 aliphatic heterocycles. The minimum atomic E-state index is -4.30. The zero-order chi connectivity index (χ0) is 22.6. The topological polar surface area (TPSA) is 115 Å². The van der Waals surface area contributed by atoms with Gasteiger partial charge in [-0.3, -0.25) is 15.1 Å². The standard InChI is InChI=1S/C20H24N4O6S/c1-15-4-6-17(13-18(15)24(25)26)31(27,28)30-19-7-5-16(12-20(19)29-3)14-21-23-10-8-22(2)9-11-23/h4-7,12-14H,8-11H2,1-3H3/b21-14+. The predicted molar refractivity (Wildman–Crippen MR) is 115 cm³/mol. The Balaban J connectivity index is 1.80. The van der Waals surface area contributed by atoms with Gasteiger partial charge in [0.1, 0.15) is 4.90 Å². The molecular formula is C20H24N4O6S. The Labute approximate surface area is 181 Å². The zero-order valence-corrected chi connectivity index (χ0v) is 18.3. The molecule has 0 amide bonds. The number of hydrogen-bond donors (Lipinski definition) is 0. The fourth-order valence-electron chi connectivity index (χ4n) is 3.00. The second kappa shape index (κ2) is 9.31. The number of nitrogens with zero attached hydrogens (tertiary/aromatic N) is 4. The van der Waals surface area contributed by atoms with Crippen molar-refractivity contribution in [2.45, 2.75) is 11.8 Å². The van der Waals surface area contributed by atoms with Gasteiger partial charge in [-0.05, 0) is 43.8 Å². The molecule has 0 bridgehead atoms. The Kier molecular flexibility index (Phi) is 6.76. The van der Waals surface area contributed by atoms with Gasteiger partial charge in [-0.2, -0.15) is 13.5 Å². The van der Waals surface area contributed by atoms with Crippen molar-refractivity contribution in [2.75, 3.05) is 40.3 Å². The maximum absolute atomic E-state index is 12.7.